The molecule has 0 spiro atoms. The lowest BCUT2D eigenvalue weighted by molar-refractivity contribution is 0.660. The molecule has 1 aliphatic rings. The molecule has 0 saturated heterocycles. The Hall–Kier alpha value is -5.91. The van der Waals surface area contributed by atoms with Crippen LogP contribution in [-0.4, -0.2) is 19.5 Å². The Bertz CT molecular complexity index is 3040. The highest BCUT2D eigenvalue weighted by atomic mass is 32.1. The largest absolute Gasteiger partial charge is 0.277 e. The number of aromatic nitrogens is 4. The van der Waals surface area contributed by atoms with E-state index in [0.717, 1.165) is 33.3 Å². The van der Waals surface area contributed by atoms with Crippen LogP contribution in [-0.2, 0) is 5.41 Å². The number of para-hydroxylation sites is 1. The molecule has 230 valence electrons. The van der Waals surface area contributed by atoms with Crippen molar-refractivity contribution in [2.45, 2.75) is 19.3 Å². The molecule has 10 aromatic rings. The zero-order valence-electron chi connectivity index (χ0n) is 26.9. The number of hydrogen-bond donors (Lipinski definition) is 0. The highest BCUT2D eigenvalue weighted by molar-refractivity contribution is 7.27. The maximum atomic E-state index is 5.47. The van der Waals surface area contributed by atoms with Crippen LogP contribution in [0.15, 0.2) is 134 Å². The van der Waals surface area contributed by atoms with Gasteiger partial charge in [-0.15, -0.1) is 11.3 Å². The predicted octanol–water partition coefficient (Wildman–Crippen LogP) is 11.6. The van der Waals surface area contributed by atoms with Gasteiger partial charge in [0.2, 0.25) is 5.95 Å². The van der Waals surface area contributed by atoms with Gasteiger partial charge in [-0.1, -0.05) is 111 Å². The van der Waals surface area contributed by atoms with Gasteiger partial charge < -0.3 is 0 Å². The van der Waals surface area contributed by atoms with Crippen molar-refractivity contribution in [2.75, 3.05) is 0 Å². The van der Waals surface area contributed by atoms with E-state index in [-0.39, 0.29) is 5.41 Å². The molecular formula is C44H28N4S. The minimum Gasteiger partial charge on any atom is -0.277 e. The summed E-state index contributed by atoms with van der Waals surface area (Å²) in [6.07, 6.45) is 1.84. The van der Waals surface area contributed by atoms with Crippen molar-refractivity contribution in [3.63, 3.8) is 0 Å². The van der Waals surface area contributed by atoms with Gasteiger partial charge in [-0.3, -0.25) is 9.55 Å². The first-order chi connectivity index (χ1) is 24.1. The summed E-state index contributed by atoms with van der Waals surface area (Å²) in [4.78, 5) is 15.6. The lowest BCUT2D eigenvalue weighted by Crippen LogP contribution is -2.15. The second-order valence-corrected chi connectivity index (χ2v) is 14.7. The lowest BCUT2D eigenvalue weighted by atomic mass is 9.82. The summed E-state index contributed by atoms with van der Waals surface area (Å²) >= 11 is 1.88. The quantitative estimate of drug-likeness (QED) is 0.188. The summed E-state index contributed by atoms with van der Waals surface area (Å²) in [6, 6.07) is 45.9. The number of benzene rings is 6. The second kappa shape index (κ2) is 9.59. The topological polar surface area (TPSA) is 43.6 Å². The summed E-state index contributed by atoms with van der Waals surface area (Å²) in [6.45, 7) is 4.64. The van der Waals surface area contributed by atoms with Crippen molar-refractivity contribution >= 4 is 75.1 Å². The Morgan fingerprint density at radius 3 is 2.24 bits per heavy atom. The smallest absolute Gasteiger partial charge is 0.235 e. The molecule has 4 aromatic heterocycles. The third-order valence-electron chi connectivity index (χ3n) is 10.6. The van der Waals surface area contributed by atoms with Crippen molar-refractivity contribution in [1.82, 2.24) is 19.5 Å². The van der Waals surface area contributed by atoms with E-state index in [1.807, 2.05) is 23.6 Å². The van der Waals surface area contributed by atoms with Crippen LogP contribution in [0.25, 0.3) is 92.1 Å². The van der Waals surface area contributed by atoms with Gasteiger partial charge in [0.1, 0.15) is 11.2 Å². The van der Waals surface area contributed by atoms with Gasteiger partial charge in [0, 0.05) is 58.9 Å². The van der Waals surface area contributed by atoms with Crippen LogP contribution >= 0.6 is 11.3 Å². The summed E-state index contributed by atoms with van der Waals surface area (Å²) in [5.74, 6) is 0.647. The van der Waals surface area contributed by atoms with Crippen LogP contribution in [0.3, 0.4) is 0 Å². The zero-order valence-corrected chi connectivity index (χ0v) is 27.7. The first-order valence-corrected chi connectivity index (χ1v) is 17.5. The van der Waals surface area contributed by atoms with Gasteiger partial charge >= 0.3 is 0 Å². The average Bonchev–Trinajstić information content (AvgIpc) is 3.77. The fourth-order valence-corrected chi connectivity index (χ4v) is 9.68. The fourth-order valence-electron chi connectivity index (χ4n) is 8.43. The molecule has 5 heteroatoms. The van der Waals surface area contributed by atoms with Gasteiger partial charge in [-0.2, -0.15) is 0 Å². The fraction of sp³-hybridized carbons (Fsp3) is 0.0682. The Morgan fingerprint density at radius 1 is 0.612 bits per heavy atom. The number of thiophene rings is 1. The third kappa shape index (κ3) is 3.55. The van der Waals surface area contributed by atoms with Gasteiger partial charge in [-0.05, 0) is 52.6 Å². The monoisotopic (exact) mass is 644 g/mol. The summed E-state index contributed by atoms with van der Waals surface area (Å²) in [7, 11) is 0. The van der Waals surface area contributed by atoms with Gasteiger partial charge in [0.15, 0.2) is 0 Å². The van der Waals surface area contributed by atoms with E-state index in [2.05, 4.69) is 140 Å². The number of fused-ring (bicyclic) bond motifs is 14. The molecule has 0 bridgehead atoms. The van der Waals surface area contributed by atoms with E-state index in [4.69, 9.17) is 15.0 Å². The van der Waals surface area contributed by atoms with Gasteiger partial charge in [0.05, 0.1) is 16.6 Å². The molecule has 6 aromatic carbocycles. The van der Waals surface area contributed by atoms with Crippen molar-refractivity contribution in [3.05, 3.63) is 145 Å². The Balaban J connectivity index is 1.27. The van der Waals surface area contributed by atoms with E-state index in [9.17, 15) is 0 Å². The highest BCUT2D eigenvalue weighted by Gasteiger charge is 2.35. The second-order valence-electron chi connectivity index (χ2n) is 13.6. The number of nitrogens with zero attached hydrogens (tertiary/aromatic N) is 4. The Morgan fingerprint density at radius 2 is 1.35 bits per heavy atom. The van der Waals surface area contributed by atoms with E-state index >= 15 is 0 Å². The molecule has 0 atom stereocenters. The molecule has 0 radical (unpaired) electrons. The first-order valence-electron chi connectivity index (χ1n) is 16.7. The van der Waals surface area contributed by atoms with Crippen molar-refractivity contribution < 1.29 is 0 Å². The molecule has 49 heavy (non-hydrogen) atoms. The first kappa shape index (κ1) is 27.1. The Kier molecular flexibility index (Phi) is 5.30. The Labute approximate surface area is 286 Å². The molecule has 1 aliphatic carbocycles. The number of hydrogen-bond acceptors (Lipinski definition) is 4. The highest BCUT2D eigenvalue weighted by Crippen LogP contribution is 2.50. The average molecular weight is 645 g/mol. The standard InChI is InChI=1S/C44H28N4S/c1-44(2)32-17-8-5-12-26(32)27-22-21-25(24-33(27)44)39-40-34(18-11-23-45-40)46-43(47-39)48-35-19-9-6-15-30(35)37-38-31-16-7-10-20-36(31)49-42(38)29-14-4-3-13-28(29)41(37)48/h3-24H,1-2H3. The van der Waals surface area contributed by atoms with Crippen LogP contribution in [0.2, 0.25) is 0 Å². The molecular weight excluding hydrogens is 617 g/mol. The molecule has 0 aliphatic heterocycles. The van der Waals surface area contributed by atoms with Crippen molar-refractivity contribution in [3.8, 4) is 28.3 Å². The predicted molar refractivity (Wildman–Crippen MR) is 205 cm³/mol. The van der Waals surface area contributed by atoms with Crippen molar-refractivity contribution in [1.29, 1.82) is 0 Å². The van der Waals surface area contributed by atoms with Crippen LogP contribution in [0.1, 0.15) is 25.0 Å². The normalized spacial score (nSPS) is 13.7. The summed E-state index contributed by atoms with van der Waals surface area (Å²) in [5.41, 5.74) is 10.9. The van der Waals surface area contributed by atoms with Gasteiger partial charge in [0.25, 0.3) is 0 Å². The SMILES string of the molecule is CC1(C)c2ccccc2-c2ccc(-c3nc(-n4c5ccccc5c5c6c7ccccc7sc6c6ccccc6c54)nc4cccnc34)cc21. The third-order valence-corrected chi connectivity index (χ3v) is 11.9. The zero-order chi connectivity index (χ0) is 32.4. The van der Waals surface area contributed by atoms with Crippen LogP contribution in [0, 0.1) is 0 Å². The molecule has 4 nitrogen and oxygen atoms in total. The molecule has 0 unspecified atom stereocenters. The molecule has 0 N–H and O–H groups in total. The molecule has 0 saturated carbocycles. The van der Waals surface area contributed by atoms with E-state index < -0.39 is 0 Å². The maximum Gasteiger partial charge on any atom is 0.235 e. The minimum atomic E-state index is -0.124. The van der Waals surface area contributed by atoms with E-state index in [1.165, 1.54) is 64.0 Å². The molecule has 0 amide bonds. The summed E-state index contributed by atoms with van der Waals surface area (Å²) in [5, 5.41) is 7.47. The molecule has 11 rings (SSSR count). The van der Waals surface area contributed by atoms with Crippen molar-refractivity contribution in [2.24, 2.45) is 0 Å². The van der Waals surface area contributed by atoms with E-state index in [1.54, 1.807) is 0 Å². The maximum absolute atomic E-state index is 5.47. The minimum absolute atomic E-state index is 0.124. The van der Waals surface area contributed by atoms with Crippen LogP contribution < -0.4 is 0 Å². The summed E-state index contributed by atoms with van der Waals surface area (Å²) < 4.78 is 4.91. The van der Waals surface area contributed by atoms with Crippen LogP contribution in [0.5, 0.6) is 0 Å². The number of rotatable bonds is 2. The van der Waals surface area contributed by atoms with Crippen LogP contribution in [0.4, 0.5) is 0 Å². The van der Waals surface area contributed by atoms with Gasteiger partial charge in [-0.25, -0.2) is 9.97 Å². The lowest BCUT2D eigenvalue weighted by Gasteiger charge is -2.22. The molecule has 0 fully saturated rings. The molecule has 4 heterocycles. The van der Waals surface area contributed by atoms with E-state index in [0.29, 0.717) is 5.95 Å². The number of pyridine rings is 1.